The summed E-state index contributed by atoms with van der Waals surface area (Å²) in [5, 5.41) is 22.5. The predicted molar refractivity (Wildman–Crippen MR) is 112 cm³/mol. The summed E-state index contributed by atoms with van der Waals surface area (Å²) in [5.41, 5.74) is 0.343. The number of aldehydes is 1. The molecule has 4 aromatic rings. The van der Waals surface area contributed by atoms with Gasteiger partial charge in [0.15, 0.2) is 6.29 Å². The van der Waals surface area contributed by atoms with Crippen molar-refractivity contribution in [3.05, 3.63) is 81.2 Å². The van der Waals surface area contributed by atoms with Gasteiger partial charge in [0, 0.05) is 8.95 Å². The molecule has 0 radical (unpaired) electrons. The van der Waals surface area contributed by atoms with Crippen LogP contribution >= 0.6 is 31.9 Å². The number of halogens is 2. The highest BCUT2D eigenvalue weighted by atomic mass is 79.9. The molecular weight excluding hydrogens is 460 g/mol. The van der Waals surface area contributed by atoms with Crippen molar-refractivity contribution in [3.63, 3.8) is 0 Å². The molecule has 0 fully saturated rings. The summed E-state index contributed by atoms with van der Waals surface area (Å²) in [6, 6.07) is 20.2. The minimum atomic E-state index is 0.0230. The smallest absolute Gasteiger partial charge is 0.154 e. The van der Waals surface area contributed by atoms with Crippen LogP contribution in [0.3, 0.4) is 0 Å². The molecule has 4 rings (SSSR count). The van der Waals surface area contributed by atoms with Crippen LogP contribution in [0.1, 0.15) is 10.4 Å². The van der Waals surface area contributed by atoms with Gasteiger partial charge in [0.05, 0.1) is 5.56 Å². The number of rotatable bonds is 1. The van der Waals surface area contributed by atoms with Gasteiger partial charge in [0.1, 0.15) is 11.5 Å². The van der Waals surface area contributed by atoms with Crippen molar-refractivity contribution in [2.45, 2.75) is 0 Å². The Bertz CT molecular complexity index is 1070. The van der Waals surface area contributed by atoms with E-state index in [0.717, 1.165) is 30.5 Å². The van der Waals surface area contributed by atoms with Crippen LogP contribution in [0.25, 0.3) is 21.5 Å². The summed E-state index contributed by atoms with van der Waals surface area (Å²) in [6.07, 6.45) is 0.672. The van der Waals surface area contributed by atoms with E-state index in [1.165, 1.54) is 6.07 Å². The number of fused-ring (bicyclic) bond motifs is 2. The highest BCUT2D eigenvalue weighted by Crippen LogP contribution is 2.27. The minimum absolute atomic E-state index is 0.0230. The summed E-state index contributed by atoms with van der Waals surface area (Å²) >= 11 is 6.73. The van der Waals surface area contributed by atoms with E-state index in [0.29, 0.717) is 17.6 Å². The Labute approximate surface area is 167 Å². The second-order valence-corrected chi connectivity index (χ2v) is 7.49. The molecule has 26 heavy (non-hydrogen) atoms. The first-order valence-corrected chi connectivity index (χ1v) is 9.31. The number of hydrogen-bond acceptors (Lipinski definition) is 3. The van der Waals surface area contributed by atoms with Crippen LogP contribution in [-0.4, -0.2) is 16.5 Å². The average Bonchev–Trinajstić information content (AvgIpc) is 2.62. The summed E-state index contributed by atoms with van der Waals surface area (Å²) in [4.78, 5) is 10.8. The van der Waals surface area contributed by atoms with E-state index in [1.807, 2.05) is 42.5 Å². The molecule has 0 bridgehead atoms. The molecule has 0 aromatic heterocycles. The molecule has 5 heteroatoms. The van der Waals surface area contributed by atoms with Gasteiger partial charge in [-0.05, 0) is 64.0 Å². The standard InChI is InChI=1S/C11H7BrO2.C10H7BrO/c12-8-2-3-9-7(5-8)1-4-11(14)10(9)6-13;11-9-3-1-8-6-10(12)4-2-7(8)5-9/h1-6,14H;1-6,12H. The van der Waals surface area contributed by atoms with E-state index < -0.39 is 0 Å². The van der Waals surface area contributed by atoms with Crippen LogP contribution in [-0.2, 0) is 0 Å². The zero-order valence-corrected chi connectivity index (χ0v) is 16.7. The minimum Gasteiger partial charge on any atom is -0.508 e. The summed E-state index contributed by atoms with van der Waals surface area (Å²) in [5.74, 6) is 0.333. The van der Waals surface area contributed by atoms with E-state index in [-0.39, 0.29) is 5.75 Å². The van der Waals surface area contributed by atoms with Gasteiger partial charge in [-0.3, -0.25) is 4.79 Å². The highest BCUT2D eigenvalue weighted by Gasteiger charge is 2.05. The molecule has 0 saturated carbocycles. The molecule has 2 N–H and O–H groups in total. The van der Waals surface area contributed by atoms with Gasteiger partial charge >= 0.3 is 0 Å². The Morgan fingerprint density at radius 1 is 0.692 bits per heavy atom. The average molecular weight is 474 g/mol. The van der Waals surface area contributed by atoms with Gasteiger partial charge in [-0.2, -0.15) is 0 Å². The van der Waals surface area contributed by atoms with Gasteiger partial charge in [-0.15, -0.1) is 0 Å². The quantitative estimate of drug-likeness (QED) is 0.313. The first kappa shape index (κ1) is 18.4. The number of aromatic hydroxyl groups is 2. The molecule has 0 aliphatic rings. The molecule has 130 valence electrons. The third kappa shape index (κ3) is 4.06. The molecule has 0 amide bonds. The molecular formula is C21H14Br2O3. The van der Waals surface area contributed by atoms with Crippen molar-refractivity contribution in [1.29, 1.82) is 0 Å². The second kappa shape index (κ2) is 7.89. The number of phenolic OH excluding ortho intramolecular Hbond substituents is 2. The molecule has 0 saturated heterocycles. The third-order valence-corrected chi connectivity index (χ3v) is 4.89. The Balaban J connectivity index is 0.000000152. The van der Waals surface area contributed by atoms with E-state index in [9.17, 15) is 15.0 Å². The summed E-state index contributed by atoms with van der Waals surface area (Å²) < 4.78 is 2.01. The van der Waals surface area contributed by atoms with Crippen molar-refractivity contribution < 1.29 is 15.0 Å². The lowest BCUT2D eigenvalue weighted by atomic mass is 10.0. The zero-order chi connectivity index (χ0) is 18.7. The fraction of sp³-hybridized carbons (Fsp3) is 0. The molecule has 0 atom stereocenters. The maximum absolute atomic E-state index is 10.8. The largest absolute Gasteiger partial charge is 0.508 e. The summed E-state index contributed by atoms with van der Waals surface area (Å²) in [6.45, 7) is 0. The second-order valence-electron chi connectivity index (χ2n) is 5.66. The van der Waals surface area contributed by atoms with Crippen molar-refractivity contribution in [3.8, 4) is 11.5 Å². The first-order valence-electron chi connectivity index (χ1n) is 7.72. The lowest BCUT2D eigenvalue weighted by Gasteiger charge is -2.03. The highest BCUT2D eigenvalue weighted by molar-refractivity contribution is 9.10. The fourth-order valence-electron chi connectivity index (χ4n) is 2.64. The number of benzene rings is 4. The SMILES string of the molecule is O=Cc1c(O)ccc2cc(Br)ccc12.Oc1ccc2cc(Br)ccc2c1. The van der Waals surface area contributed by atoms with Gasteiger partial charge in [-0.25, -0.2) is 0 Å². The number of carbonyl (C=O) groups excluding carboxylic acids is 1. The van der Waals surface area contributed by atoms with Crippen LogP contribution in [0.15, 0.2) is 75.7 Å². The normalized spacial score (nSPS) is 10.4. The van der Waals surface area contributed by atoms with Crippen LogP contribution in [0.4, 0.5) is 0 Å². The lowest BCUT2D eigenvalue weighted by molar-refractivity contribution is 0.112. The number of phenols is 2. The van der Waals surface area contributed by atoms with Gasteiger partial charge < -0.3 is 10.2 Å². The zero-order valence-electron chi connectivity index (χ0n) is 13.5. The lowest BCUT2D eigenvalue weighted by Crippen LogP contribution is -1.84. The molecule has 4 aromatic carbocycles. The van der Waals surface area contributed by atoms with E-state index in [2.05, 4.69) is 31.9 Å². The van der Waals surface area contributed by atoms with Crippen molar-refractivity contribution in [1.82, 2.24) is 0 Å². The molecule has 0 aliphatic carbocycles. The van der Waals surface area contributed by atoms with Crippen molar-refractivity contribution in [2.24, 2.45) is 0 Å². The monoisotopic (exact) mass is 472 g/mol. The maximum Gasteiger partial charge on any atom is 0.154 e. The fourth-order valence-corrected chi connectivity index (χ4v) is 3.40. The van der Waals surface area contributed by atoms with Crippen LogP contribution in [0.2, 0.25) is 0 Å². The number of hydrogen-bond donors (Lipinski definition) is 2. The molecule has 0 heterocycles. The molecule has 0 aliphatic heterocycles. The number of carbonyl (C=O) groups is 1. The third-order valence-electron chi connectivity index (χ3n) is 3.90. The van der Waals surface area contributed by atoms with Crippen LogP contribution in [0, 0.1) is 0 Å². The Morgan fingerprint density at radius 3 is 2.00 bits per heavy atom. The van der Waals surface area contributed by atoms with E-state index in [4.69, 9.17) is 0 Å². The van der Waals surface area contributed by atoms with Gasteiger partial charge in [0.2, 0.25) is 0 Å². The Morgan fingerprint density at radius 2 is 1.27 bits per heavy atom. The Hall–Kier alpha value is -2.37. The molecule has 0 unspecified atom stereocenters. The van der Waals surface area contributed by atoms with Crippen LogP contribution in [0.5, 0.6) is 11.5 Å². The molecule has 3 nitrogen and oxygen atoms in total. The van der Waals surface area contributed by atoms with E-state index >= 15 is 0 Å². The summed E-state index contributed by atoms with van der Waals surface area (Å²) in [7, 11) is 0. The topological polar surface area (TPSA) is 57.5 Å². The van der Waals surface area contributed by atoms with Gasteiger partial charge in [-0.1, -0.05) is 56.1 Å². The van der Waals surface area contributed by atoms with Gasteiger partial charge in [0.25, 0.3) is 0 Å². The predicted octanol–water partition coefficient (Wildman–Crippen LogP) is 6.43. The Kier molecular flexibility index (Phi) is 5.59. The van der Waals surface area contributed by atoms with Crippen LogP contribution < -0.4 is 0 Å². The maximum atomic E-state index is 10.8. The molecule has 0 spiro atoms. The van der Waals surface area contributed by atoms with E-state index in [1.54, 1.807) is 18.2 Å². The van der Waals surface area contributed by atoms with Crippen molar-refractivity contribution >= 4 is 59.7 Å². The van der Waals surface area contributed by atoms with Crippen molar-refractivity contribution in [2.75, 3.05) is 0 Å². The first-order chi connectivity index (χ1) is 12.5.